The number of aryl methyl sites for hydroxylation is 1. The summed E-state index contributed by atoms with van der Waals surface area (Å²) >= 11 is 0. The van der Waals surface area contributed by atoms with Crippen LogP contribution in [0.25, 0.3) is 0 Å². The van der Waals surface area contributed by atoms with Gasteiger partial charge in [0, 0.05) is 19.0 Å². The van der Waals surface area contributed by atoms with E-state index in [4.69, 9.17) is 13.9 Å². The molecule has 1 saturated heterocycles. The summed E-state index contributed by atoms with van der Waals surface area (Å²) in [6.07, 6.45) is 0.955. The Kier molecular flexibility index (Phi) is 5.07. The molecule has 0 spiro atoms. The number of amides is 1. The van der Waals surface area contributed by atoms with Gasteiger partial charge in [-0.05, 0) is 24.6 Å². The van der Waals surface area contributed by atoms with Crippen LogP contribution in [0.1, 0.15) is 17.7 Å². The van der Waals surface area contributed by atoms with Crippen molar-refractivity contribution in [3.8, 4) is 11.5 Å². The molecule has 0 unspecified atom stereocenters. The van der Waals surface area contributed by atoms with E-state index in [1.54, 1.807) is 25.0 Å². The normalized spacial score (nSPS) is 16.7. The number of likely N-dealkylation sites (tertiary alicyclic amines) is 1. The van der Waals surface area contributed by atoms with Gasteiger partial charge in [-0.15, -0.1) is 0 Å². The molecule has 1 aliphatic rings. The summed E-state index contributed by atoms with van der Waals surface area (Å²) in [5.41, 5.74) is 0.490. The fourth-order valence-corrected chi connectivity index (χ4v) is 2.96. The molecule has 2 heterocycles. The standard InChI is InChI=1S/C19H21NO5/c1-13-8-17(11-19(22)24-13)25-16-6-7-20(12-16)18(21)10-14-4-3-5-15(9-14)23-2/h3-5,8-9,11,16H,6-7,10,12H2,1-2H3/t16-/m0/s1. The second kappa shape index (κ2) is 7.42. The van der Waals surface area contributed by atoms with Crippen LogP contribution in [0.3, 0.4) is 0 Å². The molecule has 3 rings (SSSR count). The van der Waals surface area contributed by atoms with Gasteiger partial charge in [0.05, 0.1) is 26.1 Å². The highest BCUT2D eigenvalue weighted by molar-refractivity contribution is 5.79. The van der Waals surface area contributed by atoms with E-state index in [0.717, 1.165) is 17.7 Å². The second-order valence-corrected chi connectivity index (χ2v) is 6.12. The van der Waals surface area contributed by atoms with Crippen LogP contribution < -0.4 is 15.1 Å². The van der Waals surface area contributed by atoms with Crippen LogP contribution in [0, 0.1) is 6.92 Å². The monoisotopic (exact) mass is 343 g/mol. The van der Waals surface area contributed by atoms with Gasteiger partial charge in [-0.25, -0.2) is 4.79 Å². The molecule has 132 valence electrons. The Bertz CT molecular complexity index is 813. The van der Waals surface area contributed by atoms with Crippen LogP contribution >= 0.6 is 0 Å². The van der Waals surface area contributed by atoms with Gasteiger partial charge in [0.25, 0.3) is 0 Å². The van der Waals surface area contributed by atoms with E-state index in [2.05, 4.69) is 0 Å². The summed E-state index contributed by atoms with van der Waals surface area (Å²) in [4.78, 5) is 25.7. The summed E-state index contributed by atoms with van der Waals surface area (Å²) in [6, 6.07) is 10.5. The van der Waals surface area contributed by atoms with Gasteiger partial charge in [-0.1, -0.05) is 12.1 Å². The van der Waals surface area contributed by atoms with E-state index in [9.17, 15) is 9.59 Å². The molecule has 1 fully saturated rings. The van der Waals surface area contributed by atoms with E-state index < -0.39 is 5.63 Å². The minimum absolute atomic E-state index is 0.0584. The van der Waals surface area contributed by atoms with Crippen molar-refractivity contribution in [2.45, 2.75) is 25.9 Å². The largest absolute Gasteiger partial charge is 0.497 e. The molecule has 6 nitrogen and oxygen atoms in total. The molecular weight excluding hydrogens is 322 g/mol. The summed E-state index contributed by atoms with van der Waals surface area (Å²) in [6.45, 7) is 2.86. The lowest BCUT2D eigenvalue weighted by atomic mass is 10.1. The van der Waals surface area contributed by atoms with Gasteiger partial charge >= 0.3 is 5.63 Å². The molecule has 1 aromatic carbocycles. The number of rotatable bonds is 5. The molecule has 2 aromatic rings. The highest BCUT2D eigenvalue weighted by Crippen LogP contribution is 2.20. The number of hydrogen-bond acceptors (Lipinski definition) is 5. The third kappa shape index (κ3) is 4.41. The number of nitrogens with zero attached hydrogens (tertiary/aromatic N) is 1. The van der Waals surface area contributed by atoms with Gasteiger partial charge in [-0.2, -0.15) is 0 Å². The molecule has 0 aliphatic carbocycles. The van der Waals surface area contributed by atoms with Crippen molar-refractivity contribution < 1.29 is 18.7 Å². The van der Waals surface area contributed by atoms with Crippen LogP contribution in [0.2, 0.25) is 0 Å². The highest BCUT2D eigenvalue weighted by Gasteiger charge is 2.27. The molecule has 6 heteroatoms. The summed E-state index contributed by atoms with van der Waals surface area (Å²) in [5.74, 6) is 1.79. The Morgan fingerprint density at radius 1 is 1.28 bits per heavy atom. The molecule has 1 aliphatic heterocycles. The molecule has 1 atom stereocenters. The zero-order chi connectivity index (χ0) is 17.8. The minimum Gasteiger partial charge on any atom is -0.497 e. The molecule has 1 amide bonds. The zero-order valence-electron chi connectivity index (χ0n) is 14.4. The van der Waals surface area contributed by atoms with Crippen molar-refractivity contribution in [1.29, 1.82) is 0 Å². The van der Waals surface area contributed by atoms with Crippen molar-refractivity contribution in [2.75, 3.05) is 20.2 Å². The maximum Gasteiger partial charge on any atom is 0.339 e. The average molecular weight is 343 g/mol. The predicted molar refractivity (Wildman–Crippen MR) is 92.0 cm³/mol. The number of benzene rings is 1. The molecule has 1 aromatic heterocycles. The van der Waals surface area contributed by atoms with Crippen molar-refractivity contribution in [3.63, 3.8) is 0 Å². The molecule has 0 radical (unpaired) electrons. The predicted octanol–water partition coefficient (Wildman–Crippen LogP) is 2.18. The van der Waals surface area contributed by atoms with Crippen molar-refractivity contribution in [2.24, 2.45) is 0 Å². The summed E-state index contributed by atoms with van der Waals surface area (Å²) in [5, 5.41) is 0. The topological polar surface area (TPSA) is 69.0 Å². The molecule has 0 saturated carbocycles. The lowest BCUT2D eigenvalue weighted by molar-refractivity contribution is -0.129. The molecule has 0 N–H and O–H groups in total. The van der Waals surface area contributed by atoms with Gasteiger partial charge in [-0.3, -0.25) is 4.79 Å². The fraction of sp³-hybridized carbons (Fsp3) is 0.368. The lowest BCUT2D eigenvalue weighted by Gasteiger charge is -2.17. The Hall–Kier alpha value is -2.76. The van der Waals surface area contributed by atoms with Crippen molar-refractivity contribution in [1.82, 2.24) is 4.90 Å². The Morgan fingerprint density at radius 3 is 2.88 bits per heavy atom. The Balaban J connectivity index is 1.58. The maximum absolute atomic E-state index is 12.5. The van der Waals surface area contributed by atoms with Crippen LogP contribution in [-0.4, -0.2) is 37.1 Å². The minimum atomic E-state index is -0.432. The van der Waals surface area contributed by atoms with Gasteiger partial charge in [0.1, 0.15) is 23.4 Å². The third-order valence-electron chi connectivity index (χ3n) is 4.16. The number of carbonyl (C=O) groups is 1. The van der Waals surface area contributed by atoms with Crippen LogP contribution in [-0.2, 0) is 11.2 Å². The van der Waals surface area contributed by atoms with Crippen LogP contribution in [0.5, 0.6) is 11.5 Å². The van der Waals surface area contributed by atoms with E-state index in [-0.39, 0.29) is 12.0 Å². The van der Waals surface area contributed by atoms with E-state index in [1.807, 2.05) is 24.3 Å². The lowest BCUT2D eigenvalue weighted by Crippen LogP contribution is -2.32. The Morgan fingerprint density at radius 2 is 2.12 bits per heavy atom. The summed E-state index contributed by atoms with van der Waals surface area (Å²) < 4.78 is 15.9. The summed E-state index contributed by atoms with van der Waals surface area (Å²) in [7, 11) is 1.61. The second-order valence-electron chi connectivity index (χ2n) is 6.12. The number of ether oxygens (including phenoxy) is 2. The quantitative estimate of drug-likeness (QED) is 0.832. The number of methoxy groups -OCH3 is 1. The first kappa shape index (κ1) is 17.1. The smallest absolute Gasteiger partial charge is 0.339 e. The van der Waals surface area contributed by atoms with Crippen molar-refractivity contribution in [3.05, 3.63) is 58.1 Å². The Labute approximate surface area is 146 Å². The molecular formula is C19H21NO5. The highest BCUT2D eigenvalue weighted by atomic mass is 16.5. The van der Waals surface area contributed by atoms with Crippen LogP contribution in [0.15, 0.2) is 45.6 Å². The number of hydrogen-bond donors (Lipinski definition) is 0. The van der Waals surface area contributed by atoms with E-state index in [0.29, 0.717) is 31.0 Å². The zero-order valence-corrected chi connectivity index (χ0v) is 14.4. The van der Waals surface area contributed by atoms with Gasteiger partial charge in [0.15, 0.2) is 0 Å². The number of carbonyl (C=O) groups excluding carboxylic acids is 1. The SMILES string of the molecule is COc1cccc(CC(=O)N2CC[C@H](Oc3cc(C)oc(=O)c3)C2)c1. The average Bonchev–Trinajstić information content (AvgIpc) is 3.02. The third-order valence-corrected chi connectivity index (χ3v) is 4.16. The first-order valence-electron chi connectivity index (χ1n) is 8.22. The van der Waals surface area contributed by atoms with E-state index >= 15 is 0 Å². The molecule has 0 bridgehead atoms. The van der Waals surface area contributed by atoms with E-state index in [1.165, 1.54) is 6.07 Å². The molecule has 25 heavy (non-hydrogen) atoms. The fourth-order valence-electron chi connectivity index (χ4n) is 2.96. The van der Waals surface area contributed by atoms with Gasteiger partial charge in [0.2, 0.25) is 5.91 Å². The first-order chi connectivity index (χ1) is 12.0. The van der Waals surface area contributed by atoms with Gasteiger partial charge < -0.3 is 18.8 Å². The van der Waals surface area contributed by atoms with Crippen LogP contribution in [0.4, 0.5) is 0 Å². The maximum atomic E-state index is 12.5. The first-order valence-corrected chi connectivity index (χ1v) is 8.22. The van der Waals surface area contributed by atoms with Crippen molar-refractivity contribution >= 4 is 5.91 Å².